The van der Waals surface area contributed by atoms with Crippen LogP contribution in [0.4, 0.5) is 10.2 Å². The predicted octanol–water partition coefficient (Wildman–Crippen LogP) is 1.61. The van der Waals surface area contributed by atoms with Crippen molar-refractivity contribution in [2.75, 3.05) is 25.1 Å². The van der Waals surface area contributed by atoms with E-state index in [2.05, 4.69) is 9.72 Å². The van der Waals surface area contributed by atoms with Crippen LogP contribution in [0.5, 0.6) is 0 Å². The van der Waals surface area contributed by atoms with Gasteiger partial charge >= 0.3 is 5.97 Å². The summed E-state index contributed by atoms with van der Waals surface area (Å²) in [5.74, 6) is 0.0288. The Balaban J connectivity index is 2.60. The first-order valence-electron chi connectivity index (χ1n) is 5.10. The second kappa shape index (κ2) is 6.05. The minimum Gasteiger partial charge on any atom is -0.469 e. The normalized spacial score (nSPS) is 9.94. The Bertz CT molecular complexity index is 340. The molecule has 4 nitrogen and oxygen atoms in total. The van der Waals surface area contributed by atoms with Gasteiger partial charge in [-0.15, -0.1) is 0 Å². The number of pyridine rings is 1. The van der Waals surface area contributed by atoms with Crippen molar-refractivity contribution in [3.8, 4) is 0 Å². The van der Waals surface area contributed by atoms with E-state index >= 15 is 0 Å². The van der Waals surface area contributed by atoms with E-state index in [0.717, 1.165) is 6.20 Å². The number of esters is 1. The zero-order valence-corrected chi connectivity index (χ0v) is 9.44. The van der Waals surface area contributed by atoms with Crippen molar-refractivity contribution >= 4 is 11.8 Å². The zero-order chi connectivity index (χ0) is 12.0. The second-order valence-electron chi connectivity index (χ2n) is 3.24. The van der Waals surface area contributed by atoms with Gasteiger partial charge in [-0.2, -0.15) is 0 Å². The summed E-state index contributed by atoms with van der Waals surface area (Å²) in [7, 11) is 1.36. The maximum absolute atomic E-state index is 12.7. The standard InChI is InChI=1S/C11H15FN2O2/c1-3-14(7-6-11(15)16-2)10-5-4-9(12)8-13-10/h4-5,8H,3,6-7H2,1-2H3. The van der Waals surface area contributed by atoms with Gasteiger partial charge in [-0.1, -0.05) is 0 Å². The summed E-state index contributed by atoms with van der Waals surface area (Å²) in [5.41, 5.74) is 0. The fraction of sp³-hybridized carbons (Fsp3) is 0.455. The first-order valence-corrected chi connectivity index (χ1v) is 5.10. The number of nitrogens with zero attached hydrogens (tertiary/aromatic N) is 2. The first-order chi connectivity index (χ1) is 7.67. The third-order valence-electron chi connectivity index (χ3n) is 2.23. The number of hydrogen-bond acceptors (Lipinski definition) is 4. The van der Waals surface area contributed by atoms with Gasteiger partial charge in [-0.05, 0) is 19.1 Å². The molecule has 1 heterocycles. The molecule has 1 aromatic heterocycles. The summed E-state index contributed by atoms with van der Waals surface area (Å²) >= 11 is 0. The van der Waals surface area contributed by atoms with Gasteiger partial charge in [0.05, 0.1) is 19.7 Å². The van der Waals surface area contributed by atoms with E-state index in [1.165, 1.54) is 13.2 Å². The van der Waals surface area contributed by atoms with E-state index in [0.29, 0.717) is 25.3 Å². The van der Waals surface area contributed by atoms with Crippen LogP contribution in [-0.4, -0.2) is 31.2 Å². The zero-order valence-electron chi connectivity index (χ0n) is 9.44. The highest BCUT2D eigenvalue weighted by Gasteiger charge is 2.08. The molecule has 0 aliphatic rings. The molecule has 1 rings (SSSR count). The SMILES string of the molecule is CCN(CCC(=O)OC)c1ccc(F)cn1. The van der Waals surface area contributed by atoms with Crippen molar-refractivity contribution in [2.45, 2.75) is 13.3 Å². The largest absolute Gasteiger partial charge is 0.469 e. The van der Waals surface area contributed by atoms with Gasteiger partial charge in [0.15, 0.2) is 0 Å². The maximum atomic E-state index is 12.7. The molecule has 0 saturated carbocycles. The van der Waals surface area contributed by atoms with E-state index < -0.39 is 0 Å². The first kappa shape index (κ1) is 12.4. The molecule has 0 atom stereocenters. The minimum atomic E-state index is -0.368. The number of rotatable bonds is 5. The molecule has 0 spiro atoms. The van der Waals surface area contributed by atoms with Crippen LogP contribution in [0.2, 0.25) is 0 Å². The third kappa shape index (κ3) is 3.49. The van der Waals surface area contributed by atoms with Gasteiger partial charge in [-0.25, -0.2) is 9.37 Å². The molecule has 0 bridgehead atoms. The lowest BCUT2D eigenvalue weighted by molar-refractivity contribution is -0.140. The van der Waals surface area contributed by atoms with Crippen molar-refractivity contribution in [2.24, 2.45) is 0 Å². The number of halogens is 1. The Hall–Kier alpha value is -1.65. The lowest BCUT2D eigenvalue weighted by atomic mass is 10.3. The smallest absolute Gasteiger partial charge is 0.307 e. The Morgan fingerprint density at radius 1 is 1.56 bits per heavy atom. The van der Waals surface area contributed by atoms with Crippen molar-refractivity contribution in [1.82, 2.24) is 4.98 Å². The Kier molecular flexibility index (Phi) is 4.69. The highest BCUT2D eigenvalue weighted by atomic mass is 19.1. The van der Waals surface area contributed by atoms with E-state index in [1.54, 1.807) is 6.07 Å². The van der Waals surface area contributed by atoms with Gasteiger partial charge in [-0.3, -0.25) is 4.79 Å². The molecule has 0 aliphatic heterocycles. The fourth-order valence-corrected chi connectivity index (χ4v) is 1.32. The molecule has 1 aromatic rings. The lowest BCUT2D eigenvalue weighted by Crippen LogP contribution is -2.26. The lowest BCUT2D eigenvalue weighted by Gasteiger charge is -2.20. The Morgan fingerprint density at radius 2 is 2.31 bits per heavy atom. The van der Waals surface area contributed by atoms with E-state index in [4.69, 9.17) is 0 Å². The topological polar surface area (TPSA) is 42.4 Å². The number of carbonyl (C=O) groups is 1. The van der Waals surface area contributed by atoms with Crippen LogP contribution in [-0.2, 0) is 9.53 Å². The number of aromatic nitrogens is 1. The van der Waals surface area contributed by atoms with Crippen molar-refractivity contribution in [3.63, 3.8) is 0 Å². The summed E-state index contributed by atoms with van der Waals surface area (Å²) < 4.78 is 17.2. The van der Waals surface area contributed by atoms with Crippen LogP contribution < -0.4 is 4.90 Å². The van der Waals surface area contributed by atoms with E-state index in [1.807, 2.05) is 11.8 Å². The molecule has 0 aliphatic carbocycles. The predicted molar refractivity (Wildman–Crippen MR) is 58.7 cm³/mol. The molecule has 5 heteroatoms. The number of anilines is 1. The molecule has 88 valence electrons. The van der Waals surface area contributed by atoms with E-state index in [-0.39, 0.29) is 11.8 Å². The Labute approximate surface area is 94.0 Å². The van der Waals surface area contributed by atoms with Crippen molar-refractivity contribution < 1.29 is 13.9 Å². The molecule has 0 radical (unpaired) electrons. The van der Waals surface area contributed by atoms with Gasteiger partial charge in [0, 0.05) is 13.1 Å². The highest BCUT2D eigenvalue weighted by molar-refractivity contribution is 5.69. The molecule has 0 saturated heterocycles. The maximum Gasteiger partial charge on any atom is 0.307 e. The van der Waals surface area contributed by atoms with E-state index in [9.17, 15) is 9.18 Å². The molecule has 16 heavy (non-hydrogen) atoms. The molecular weight excluding hydrogens is 211 g/mol. The van der Waals surface area contributed by atoms with Crippen LogP contribution in [0.15, 0.2) is 18.3 Å². The summed E-state index contributed by atoms with van der Waals surface area (Å²) in [6.45, 7) is 3.17. The van der Waals surface area contributed by atoms with Crippen LogP contribution in [0.1, 0.15) is 13.3 Å². The molecule has 0 N–H and O–H groups in total. The van der Waals surface area contributed by atoms with Crippen LogP contribution in [0.25, 0.3) is 0 Å². The monoisotopic (exact) mass is 226 g/mol. The van der Waals surface area contributed by atoms with Crippen LogP contribution >= 0.6 is 0 Å². The summed E-state index contributed by atoms with van der Waals surface area (Å²) in [5, 5.41) is 0. The molecule has 0 unspecified atom stereocenters. The Morgan fingerprint density at radius 3 is 2.81 bits per heavy atom. The fourth-order valence-electron chi connectivity index (χ4n) is 1.32. The summed E-state index contributed by atoms with van der Waals surface area (Å²) in [6, 6.07) is 2.94. The van der Waals surface area contributed by atoms with Gasteiger partial charge in [0.25, 0.3) is 0 Å². The molecule has 0 aromatic carbocycles. The average molecular weight is 226 g/mol. The number of ether oxygens (including phenoxy) is 1. The average Bonchev–Trinajstić information content (AvgIpc) is 2.31. The summed E-state index contributed by atoms with van der Waals surface area (Å²) in [4.78, 5) is 16.8. The molecular formula is C11H15FN2O2. The van der Waals surface area contributed by atoms with Crippen LogP contribution in [0, 0.1) is 5.82 Å². The van der Waals surface area contributed by atoms with Gasteiger partial charge in [0.2, 0.25) is 0 Å². The molecule has 0 fully saturated rings. The van der Waals surface area contributed by atoms with Crippen molar-refractivity contribution in [3.05, 3.63) is 24.1 Å². The highest BCUT2D eigenvalue weighted by Crippen LogP contribution is 2.10. The third-order valence-corrected chi connectivity index (χ3v) is 2.23. The summed E-state index contributed by atoms with van der Waals surface area (Å²) in [6.07, 6.45) is 1.46. The number of methoxy groups -OCH3 is 1. The number of hydrogen-bond donors (Lipinski definition) is 0. The van der Waals surface area contributed by atoms with Crippen molar-refractivity contribution in [1.29, 1.82) is 0 Å². The van der Waals surface area contributed by atoms with Gasteiger partial charge in [0.1, 0.15) is 11.6 Å². The minimum absolute atomic E-state index is 0.263. The molecule has 0 amide bonds. The second-order valence-corrected chi connectivity index (χ2v) is 3.24. The number of carbonyl (C=O) groups excluding carboxylic acids is 1. The van der Waals surface area contributed by atoms with Gasteiger partial charge < -0.3 is 9.64 Å². The van der Waals surface area contributed by atoms with Crippen LogP contribution in [0.3, 0.4) is 0 Å². The quantitative estimate of drug-likeness (QED) is 0.715.